The van der Waals surface area contributed by atoms with Crippen LogP contribution in [0.2, 0.25) is 0 Å². The van der Waals surface area contributed by atoms with E-state index in [-0.39, 0.29) is 0 Å². The average Bonchev–Trinajstić information content (AvgIpc) is 1.61. The Hall–Kier alpha value is -0.0800. The van der Waals surface area contributed by atoms with Gasteiger partial charge in [-0.25, -0.2) is 0 Å². The fourth-order valence-corrected chi connectivity index (χ4v) is 0.249. The molecule has 0 heterocycles. The van der Waals surface area contributed by atoms with Gasteiger partial charge in [-0.05, 0) is 13.0 Å². The highest BCUT2D eigenvalue weighted by Gasteiger charge is 1.70. The fourth-order valence-electron chi connectivity index (χ4n) is 0.249. The zero-order valence-corrected chi connectivity index (χ0v) is 4.03. The quantitative estimate of drug-likeness (QED) is 0.410. The second-order valence-electron chi connectivity index (χ2n) is 1.25. The summed E-state index contributed by atoms with van der Waals surface area (Å²) in [5.41, 5.74) is 1.82. The molecule has 0 aliphatic heterocycles. The van der Waals surface area contributed by atoms with Crippen molar-refractivity contribution in [2.45, 2.75) is 19.8 Å². The first-order valence-corrected chi connectivity index (χ1v) is 2.26. The van der Waals surface area contributed by atoms with E-state index >= 15 is 0 Å². The maximum Gasteiger partial charge on any atom is -0.0170 e. The maximum atomic E-state index is 9.44. The van der Waals surface area contributed by atoms with Crippen molar-refractivity contribution in [3.63, 3.8) is 0 Å². The number of nitrogens with one attached hydrogen (secondary N) is 1. The fraction of sp³-hybridized carbons (Fsp3) is 1.00. The predicted octanol–water partition coefficient (Wildman–Crippen LogP) is 0.874. The third-order valence-electron chi connectivity index (χ3n) is 0.632. The van der Waals surface area contributed by atoms with Crippen LogP contribution in [0.5, 0.6) is 0 Å². The molecule has 0 aromatic heterocycles. The summed E-state index contributed by atoms with van der Waals surface area (Å²) < 4.78 is 0. The van der Waals surface area contributed by atoms with Crippen LogP contribution in [0.4, 0.5) is 0 Å². The molecule has 0 radical (unpaired) electrons. The van der Waals surface area contributed by atoms with E-state index in [1.807, 2.05) is 5.48 Å². The molecule has 0 aliphatic rings. The van der Waals surface area contributed by atoms with Gasteiger partial charge in [0.1, 0.15) is 0 Å². The first-order valence-electron chi connectivity index (χ1n) is 2.26. The summed E-state index contributed by atoms with van der Waals surface area (Å²) in [5, 5.41) is 9.44. The van der Waals surface area contributed by atoms with Gasteiger partial charge < -0.3 is 10.7 Å². The maximum absolute atomic E-state index is 9.44. The number of unbranched alkanes of at least 4 members (excludes halogenated alkanes) is 1. The number of rotatable bonds is 3. The zero-order valence-electron chi connectivity index (χ0n) is 4.03. The highest BCUT2D eigenvalue weighted by molar-refractivity contribution is 4.40. The largest absolute Gasteiger partial charge is 0.788 e. The van der Waals surface area contributed by atoms with Crippen molar-refractivity contribution < 1.29 is 0 Å². The summed E-state index contributed by atoms with van der Waals surface area (Å²) in [4.78, 5) is 0. The zero-order chi connectivity index (χ0) is 4.83. The van der Waals surface area contributed by atoms with Crippen LogP contribution < -0.4 is 5.48 Å². The number of hydrogen-bond acceptors (Lipinski definition) is 2. The van der Waals surface area contributed by atoms with Gasteiger partial charge in [-0.15, -0.1) is 0 Å². The van der Waals surface area contributed by atoms with E-state index in [2.05, 4.69) is 6.92 Å². The van der Waals surface area contributed by atoms with Gasteiger partial charge in [0.2, 0.25) is 0 Å². The van der Waals surface area contributed by atoms with E-state index in [1.165, 1.54) is 0 Å². The van der Waals surface area contributed by atoms with Gasteiger partial charge in [-0.1, -0.05) is 13.3 Å². The average molecular weight is 88.1 g/mol. The highest BCUT2D eigenvalue weighted by Crippen LogP contribution is 1.79. The van der Waals surface area contributed by atoms with Crippen molar-refractivity contribution in [1.82, 2.24) is 5.48 Å². The Balaban J connectivity index is 2.34. The molecule has 0 aliphatic carbocycles. The van der Waals surface area contributed by atoms with Crippen LogP contribution in [0, 0.1) is 5.21 Å². The molecule has 0 bridgehead atoms. The lowest BCUT2D eigenvalue weighted by atomic mass is 10.3. The first kappa shape index (κ1) is 5.92. The van der Waals surface area contributed by atoms with Gasteiger partial charge in [-0.3, -0.25) is 0 Å². The lowest BCUT2D eigenvalue weighted by Crippen LogP contribution is -2.03. The molecular weight excluding hydrogens is 78.0 g/mol. The van der Waals surface area contributed by atoms with Crippen molar-refractivity contribution >= 4 is 0 Å². The molecule has 2 nitrogen and oxygen atoms in total. The lowest BCUT2D eigenvalue weighted by molar-refractivity contribution is 0.737. The first-order chi connectivity index (χ1) is 2.91. The number of hydroxylamine groups is 1. The van der Waals surface area contributed by atoms with Crippen LogP contribution >= 0.6 is 0 Å². The molecule has 0 spiro atoms. The summed E-state index contributed by atoms with van der Waals surface area (Å²) in [6.45, 7) is 2.66. The Morgan fingerprint density at radius 3 is 2.50 bits per heavy atom. The number of hydrogen-bond donors (Lipinski definition) is 1. The monoisotopic (exact) mass is 88.1 g/mol. The third-order valence-corrected chi connectivity index (χ3v) is 0.632. The van der Waals surface area contributed by atoms with Gasteiger partial charge in [0.25, 0.3) is 0 Å². The summed E-state index contributed by atoms with van der Waals surface area (Å²) >= 11 is 0. The standard InChI is InChI=1S/C4H10NO/c1-2-3-4-5-6/h5H,2-4H2,1H3/q-1. The summed E-state index contributed by atoms with van der Waals surface area (Å²) in [6.07, 6.45) is 2.08. The van der Waals surface area contributed by atoms with E-state index < -0.39 is 0 Å². The van der Waals surface area contributed by atoms with E-state index in [4.69, 9.17) is 0 Å². The van der Waals surface area contributed by atoms with E-state index in [0.29, 0.717) is 6.54 Å². The molecule has 0 fully saturated rings. The van der Waals surface area contributed by atoms with Crippen molar-refractivity contribution in [1.29, 1.82) is 0 Å². The Morgan fingerprint density at radius 2 is 2.33 bits per heavy atom. The Bertz CT molecular complexity index is 19.5. The second kappa shape index (κ2) is 4.92. The van der Waals surface area contributed by atoms with E-state index in [1.54, 1.807) is 0 Å². The van der Waals surface area contributed by atoms with Gasteiger partial charge in [0.05, 0.1) is 0 Å². The van der Waals surface area contributed by atoms with Gasteiger partial charge >= 0.3 is 0 Å². The van der Waals surface area contributed by atoms with Crippen LogP contribution in [0.15, 0.2) is 0 Å². The van der Waals surface area contributed by atoms with Gasteiger partial charge in [0, 0.05) is 0 Å². The summed E-state index contributed by atoms with van der Waals surface area (Å²) in [5.74, 6) is 0. The minimum absolute atomic E-state index is 0.608. The van der Waals surface area contributed by atoms with Crippen molar-refractivity contribution in [2.24, 2.45) is 0 Å². The van der Waals surface area contributed by atoms with Crippen molar-refractivity contribution in [3.05, 3.63) is 5.21 Å². The van der Waals surface area contributed by atoms with E-state index in [9.17, 15) is 5.21 Å². The molecule has 38 valence electrons. The smallest absolute Gasteiger partial charge is 0.0170 e. The molecule has 0 saturated heterocycles. The second-order valence-corrected chi connectivity index (χ2v) is 1.25. The minimum atomic E-state index is 0.608. The molecule has 0 unspecified atom stereocenters. The molecule has 2 heteroatoms. The molecule has 6 heavy (non-hydrogen) atoms. The molecule has 0 amide bonds. The minimum Gasteiger partial charge on any atom is -0.788 e. The van der Waals surface area contributed by atoms with Crippen LogP contribution in [-0.4, -0.2) is 6.54 Å². The predicted molar refractivity (Wildman–Crippen MR) is 26.3 cm³/mol. The Kier molecular flexibility index (Phi) is 4.85. The lowest BCUT2D eigenvalue weighted by Gasteiger charge is -2.02. The molecule has 0 rings (SSSR count). The molecule has 0 aromatic rings. The van der Waals surface area contributed by atoms with Gasteiger partial charge in [0.15, 0.2) is 0 Å². The van der Waals surface area contributed by atoms with Crippen molar-refractivity contribution in [3.8, 4) is 0 Å². The van der Waals surface area contributed by atoms with Crippen molar-refractivity contribution in [2.75, 3.05) is 6.54 Å². The normalized spacial score (nSPS) is 9.00. The molecule has 0 atom stereocenters. The van der Waals surface area contributed by atoms with E-state index in [0.717, 1.165) is 12.8 Å². The molecule has 0 saturated carbocycles. The third kappa shape index (κ3) is 3.92. The van der Waals surface area contributed by atoms with Crippen LogP contribution in [0.25, 0.3) is 0 Å². The van der Waals surface area contributed by atoms with Crippen LogP contribution in [0.1, 0.15) is 19.8 Å². The molecular formula is C4H10NO-. The SMILES string of the molecule is CCCCN[O-]. The summed E-state index contributed by atoms with van der Waals surface area (Å²) in [6, 6.07) is 0. The van der Waals surface area contributed by atoms with Crippen LogP contribution in [-0.2, 0) is 0 Å². The summed E-state index contributed by atoms with van der Waals surface area (Å²) in [7, 11) is 0. The highest BCUT2D eigenvalue weighted by atomic mass is 16.5. The Morgan fingerprint density at radius 1 is 1.67 bits per heavy atom. The molecule has 1 N–H and O–H groups in total. The van der Waals surface area contributed by atoms with Crippen LogP contribution in [0.3, 0.4) is 0 Å². The van der Waals surface area contributed by atoms with Gasteiger partial charge in [-0.2, -0.15) is 0 Å². The Labute approximate surface area is 38.1 Å². The topological polar surface area (TPSA) is 35.1 Å². The molecule has 0 aromatic carbocycles.